The first-order valence-electron chi connectivity index (χ1n) is 13.7. The SMILES string of the molecule is CCOc1cc(C=Nn2c(-c3cc4ccccc4o3)nc3ccccc3c2=O)c(Br)c(Br)c1OCC(=O)Nc1ccc(F)cc1. The molecule has 0 aliphatic carbocycles. The number of furan rings is 1. The molecule has 0 bridgehead atoms. The molecule has 12 heteroatoms. The molecule has 0 saturated heterocycles. The smallest absolute Gasteiger partial charge is 0.282 e. The van der Waals surface area contributed by atoms with Crippen molar-refractivity contribution in [3.63, 3.8) is 0 Å². The van der Waals surface area contributed by atoms with Crippen LogP contribution in [-0.2, 0) is 4.79 Å². The third kappa shape index (κ3) is 6.38. The zero-order valence-corrected chi connectivity index (χ0v) is 26.8. The van der Waals surface area contributed by atoms with Gasteiger partial charge in [-0.05, 0) is 93.4 Å². The highest BCUT2D eigenvalue weighted by atomic mass is 79.9. The average Bonchev–Trinajstić information content (AvgIpc) is 3.48. The number of ether oxygens (including phenoxy) is 2. The van der Waals surface area contributed by atoms with Crippen LogP contribution in [0.3, 0.4) is 0 Å². The fraction of sp³-hybridized carbons (Fsp3) is 0.0909. The second-order valence-corrected chi connectivity index (χ2v) is 11.2. The highest BCUT2D eigenvalue weighted by Gasteiger charge is 2.20. The fourth-order valence-electron chi connectivity index (χ4n) is 4.57. The average molecular weight is 734 g/mol. The molecule has 0 fully saturated rings. The van der Waals surface area contributed by atoms with Crippen molar-refractivity contribution in [2.75, 3.05) is 18.5 Å². The molecule has 0 radical (unpaired) electrons. The molecule has 2 aromatic heterocycles. The Kier molecular flexibility index (Phi) is 8.76. The standard InChI is InChI=1S/C33H23Br2FN4O5/c1-2-43-26-16-20(29(34)30(35)31(26)44-18-28(41)38-22-13-11-21(36)12-14-22)17-37-40-32(27-15-19-7-3-6-10-25(19)45-27)39-24-9-5-4-8-23(24)33(40)42/h3-17H,2,18H2,1H3,(H,38,41). The maximum absolute atomic E-state index is 13.7. The largest absolute Gasteiger partial charge is 0.490 e. The van der Waals surface area contributed by atoms with Gasteiger partial charge in [0, 0.05) is 21.1 Å². The van der Waals surface area contributed by atoms with Crippen LogP contribution in [0.4, 0.5) is 10.1 Å². The molecule has 0 unspecified atom stereocenters. The number of para-hydroxylation sites is 2. The van der Waals surface area contributed by atoms with Crippen LogP contribution in [0.15, 0.2) is 108 Å². The van der Waals surface area contributed by atoms with E-state index in [0.29, 0.717) is 54.8 Å². The van der Waals surface area contributed by atoms with E-state index < -0.39 is 11.7 Å². The molecule has 1 N–H and O–H groups in total. The molecule has 9 nitrogen and oxygen atoms in total. The molecule has 0 aliphatic heterocycles. The molecule has 6 rings (SSSR count). The molecule has 0 spiro atoms. The number of carbonyl (C=O) groups is 1. The van der Waals surface area contributed by atoms with E-state index in [1.807, 2.05) is 43.3 Å². The third-order valence-electron chi connectivity index (χ3n) is 6.64. The van der Waals surface area contributed by atoms with E-state index >= 15 is 0 Å². The lowest BCUT2D eigenvalue weighted by atomic mass is 10.2. The lowest BCUT2D eigenvalue weighted by Crippen LogP contribution is -2.21. The molecule has 226 valence electrons. The molecular weight excluding hydrogens is 711 g/mol. The highest BCUT2D eigenvalue weighted by Crippen LogP contribution is 2.42. The van der Waals surface area contributed by atoms with E-state index in [4.69, 9.17) is 18.9 Å². The van der Waals surface area contributed by atoms with Gasteiger partial charge >= 0.3 is 0 Å². The van der Waals surface area contributed by atoms with Crippen LogP contribution in [-0.4, -0.2) is 35.0 Å². The molecule has 45 heavy (non-hydrogen) atoms. The second-order valence-electron chi connectivity index (χ2n) is 9.66. The lowest BCUT2D eigenvalue weighted by Gasteiger charge is -2.16. The van der Waals surface area contributed by atoms with Crippen LogP contribution in [0.2, 0.25) is 0 Å². The summed E-state index contributed by atoms with van der Waals surface area (Å²) in [6.45, 7) is 1.79. The van der Waals surface area contributed by atoms with E-state index in [2.05, 4.69) is 42.3 Å². The van der Waals surface area contributed by atoms with Crippen LogP contribution in [0.5, 0.6) is 11.5 Å². The van der Waals surface area contributed by atoms with Gasteiger partial charge < -0.3 is 19.2 Å². The minimum Gasteiger partial charge on any atom is -0.490 e. The first-order valence-corrected chi connectivity index (χ1v) is 15.3. The van der Waals surface area contributed by atoms with Gasteiger partial charge in [0.1, 0.15) is 11.4 Å². The van der Waals surface area contributed by atoms with Crippen molar-refractivity contribution in [3.05, 3.63) is 116 Å². The normalized spacial score (nSPS) is 11.4. The molecule has 2 heterocycles. The second kappa shape index (κ2) is 13.0. The molecule has 1 amide bonds. The van der Waals surface area contributed by atoms with Crippen LogP contribution in [0, 0.1) is 5.82 Å². The number of halogens is 3. The van der Waals surface area contributed by atoms with Crippen LogP contribution in [0.1, 0.15) is 12.5 Å². The van der Waals surface area contributed by atoms with Crippen molar-refractivity contribution in [3.8, 4) is 23.1 Å². The zero-order chi connectivity index (χ0) is 31.5. The van der Waals surface area contributed by atoms with Gasteiger partial charge in [-0.25, -0.2) is 9.37 Å². The minimum atomic E-state index is -0.445. The van der Waals surface area contributed by atoms with Gasteiger partial charge in [-0.3, -0.25) is 9.59 Å². The van der Waals surface area contributed by atoms with Crippen molar-refractivity contribution in [2.24, 2.45) is 5.10 Å². The number of rotatable bonds is 9. The summed E-state index contributed by atoms with van der Waals surface area (Å²) >= 11 is 7.11. The quantitative estimate of drug-likeness (QED) is 0.152. The fourth-order valence-corrected chi connectivity index (χ4v) is 5.50. The van der Waals surface area contributed by atoms with Crippen molar-refractivity contribution < 1.29 is 23.1 Å². The van der Waals surface area contributed by atoms with Gasteiger partial charge in [0.15, 0.2) is 23.9 Å². The minimum absolute atomic E-state index is 0.235. The number of fused-ring (bicyclic) bond motifs is 2. The van der Waals surface area contributed by atoms with Crippen molar-refractivity contribution >= 4 is 71.5 Å². The Labute approximate surface area is 272 Å². The van der Waals surface area contributed by atoms with Gasteiger partial charge in [0.2, 0.25) is 5.82 Å². The van der Waals surface area contributed by atoms with Crippen molar-refractivity contribution in [1.82, 2.24) is 9.66 Å². The monoisotopic (exact) mass is 732 g/mol. The Morgan fingerprint density at radius 3 is 2.56 bits per heavy atom. The summed E-state index contributed by atoms with van der Waals surface area (Å²) < 4.78 is 33.1. The number of anilines is 1. The number of hydrogen-bond acceptors (Lipinski definition) is 7. The van der Waals surface area contributed by atoms with E-state index in [9.17, 15) is 14.0 Å². The summed E-state index contributed by atoms with van der Waals surface area (Å²) in [5.41, 5.74) is 1.77. The summed E-state index contributed by atoms with van der Waals surface area (Å²) in [6.07, 6.45) is 1.49. The van der Waals surface area contributed by atoms with Crippen LogP contribution >= 0.6 is 31.9 Å². The van der Waals surface area contributed by atoms with Crippen LogP contribution < -0.4 is 20.3 Å². The Balaban J connectivity index is 1.35. The maximum Gasteiger partial charge on any atom is 0.282 e. The number of hydrogen-bond donors (Lipinski definition) is 1. The number of carbonyl (C=O) groups excluding carboxylic acids is 1. The van der Waals surface area contributed by atoms with Gasteiger partial charge in [-0.15, -0.1) is 0 Å². The van der Waals surface area contributed by atoms with Gasteiger partial charge in [0.25, 0.3) is 11.5 Å². The molecule has 6 aromatic rings. The zero-order valence-electron chi connectivity index (χ0n) is 23.6. The Bertz CT molecular complexity index is 2110. The predicted octanol–water partition coefficient (Wildman–Crippen LogP) is 7.77. The number of benzene rings is 4. The first kappa shape index (κ1) is 30.2. The van der Waals surface area contributed by atoms with E-state index in [0.717, 1.165) is 5.39 Å². The first-order chi connectivity index (χ1) is 21.8. The van der Waals surface area contributed by atoms with Crippen molar-refractivity contribution in [1.29, 1.82) is 0 Å². The molecule has 4 aromatic carbocycles. The Morgan fingerprint density at radius 2 is 1.78 bits per heavy atom. The summed E-state index contributed by atoms with van der Waals surface area (Å²) in [5, 5.41) is 8.46. The highest BCUT2D eigenvalue weighted by molar-refractivity contribution is 9.13. The van der Waals surface area contributed by atoms with E-state index in [-0.39, 0.29) is 23.7 Å². The summed E-state index contributed by atoms with van der Waals surface area (Å²) in [5.74, 6) is 0.384. The summed E-state index contributed by atoms with van der Waals surface area (Å²) in [7, 11) is 0. The third-order valence-corrected chi connectivity index (χ3v) is 8.79. The van der Waals surface area contributed by atoms with E-state index in [1.54, 1.807) is 24.3 Å². The number of nitrogens with one attached hydrogen (secondary N) is 1. The molecular formula is C33H23Br2FN4O5. The van der Waals surface area contributed by atoms with Crippen LogP contribution in [0.25, 0.3) is 33.5 Å². The molecule has 0 aliphatic rings. The number of aromatic nitrogens is 2. The van der Waals surface area contributed by atoms with Gasteiger partial charge in [0.05, 0.1) is 28.2 Å². The number of amides is 1. The Morgan fingerprint density at radius 1 is 1.02 bits per heavy atom. The molecule has 0 atom stereocenters. The molecule has 0 saturated carbocycles. The topological polar surface area (TPSA) is 108 Å². The summed E-state index contributed by atoms with van der Waals surface area (Å²) in [6, 6.07) is 23.4. The van der Waals surface area contributed by atoms with Crippen molar-refractivity contribution in [2.45, 2.75) is 6.92 Å². The lowest BCUT2D eigenvalue weighted by molar-refractivity contribution is -0.118. The predicted molar refractivity (Wildman–Crippen MR) is 178 cm³/mol. The van der Waals surface area contributed by atoms with Gasteiger partial charge in [-0.1, -0.05) is 30.3 Å². The Hall–Kier alpha value is -4.81. The maximum atomic E-state index is 13.7. The van der Waals surface area contributed by atoms with E-state index in [1.165, 1.54) is 35.2 Å². The van der Waals surface area contributed by atoms with Gasteiger partial charge in [-0.2, -0.15) is 9.78 Å². The number of nitrogens with zero attached hydrogens (tertiary/aromatic N) is 3. The summed E-state index contributed by atoms with van der Waals surface area (Å²) in [4.78, 5) is 30.9.